The maximum absolute atomic E-state index is 5.12. The molecular formula is C17H25IN4OS. The van der Waals surface area contributed by atoms with Crippen molar-refractivity contribution in [3.05, 3.63) is 51.5 Å². The Morgan fingerprint density at radius 2 is 1.92 bits per heavy atom. The summed E-state index contributed by atoms with van der Waals surface area (Å²) in [5, 5.41) is 9.85. The van der Waals surface area contributed by atoms with E-state index in [1.165, 1.54) is 11.1 Å². The number of hydrogen-bond acceptors (Lipinski definition) is 4. The van der Waals surface area contributed by atoms with Crippen molar-refractivity contribution in [2.24, 2.45) is 4.99 Å². The largest absolute Gasteiger partial charge is 0.380 e. The fraction of sp³-hybridized carbons (Fsp3) is 0.412. The summed E-state index contributed by atoms with van der Waals surface area (Å²) in [7, 11) is 3.49. The molecule has 0 bridgehead atoms. The van der Waals surface area contributed by atoms with Crippen LogP contribution in [-0.2, 0) is 24.3 Å². The standard InChI is InChI=1S/C17H24N4OS.HI/c1-13-21-16(12-23-13)8-9-19-17(18-2)20-10-14-4-6-15(7-5-14)11-22-3;/h4-7,12H,8-11H2,1-3H3,(H2,18,19,20);1H. The molecule has 1 heterocycles. The quantitative estimate of drug-likeness (QED) is 0.379. The second-order valence-corrected chi connectivity index (χ2v) is 6.27. The number of guanidine groups is 1. The van der Waals surface area contributed by atoms with E-state index < -0.39 is 0 Å². The summed E-state index contributed by atoms with van der Waals surface area (Å²) in [5.41, 5.74) is 3.52. The number of nitrogens with zero attached hydrogens (tertiary/aromatic N) is 2. The van der Waals surface area contributed by atoms with Gasteiger partial charge in [0.1, 0.15) is 0 Å². The first-order chi connectivity index (χ1) is 11.2. The monoisotopic (exact) mass is 460 g/mol. The predicted octanol–water partition coefficient (Wildman–Crippen LogP) is 3.12. The first kappa shape index (κ1) is 20.9. The van der Waals surface area contributed by atoms with Crippen molar-refractivity contribution in [3.8, 4) is 0 Å². The zero-order chi connectivity index (χ0) is 16.5. The van der Waals surface area contributed by atoms with E-state index in [0.29, 0.717) is 6.61 Å². The number of ether oxygens (including phenoxy) is 1. The van der Waals surface area contributed by atoms with Crippen LogP contribution in [0.2, 0.25) is 0 Å². The van der Waals surface area contributed by atoms with E-state index in [0.717, 1.165) is 36.2 Å². The lowest BCUT2D eigenvalue weighted by atomic mass is 10.1. The molecule has 0 amide bonds. The Hall–Kier alpha value is -1.19. The molecule has 1 aromatic carbocycles. The number of aryl methyl sites for hydroxylation is 1. The lowest BCUT2D eigenvalue weighted by Gasteiger charge is -2.11. The van der Waals surface area contributed by atoms with Crippen LogP contribution in [0.4, 0.5) is 0 Å². The molecule has 0 saturated heterocycles. The smallest absolute Gasteiger partial charge is 0.191 e. The molecule has 0 unspecified atom stereocenters. The summed E-state index contributed by atoms with van der Waals surface area (Å²) in [6, 6.07) is 8.38. The van der Waals surface area contributed by atoms with E-state index in [9.17, 15) is 0 Å². The van der Waals surface area contributed by atoms with Gasteiger partial charge in [0.25, 0.3) is 0 Å². The molecule has 0 radical (unpaired) electrons. The van der Waals surface area contributed by atoms with Gasteiger partial charge in [-0.25, -0.2) is 4.98 Å². The summed E-state index contributed by atoms with van der Waals surface area (Å²) < 4.78 is 5.12. The second kappa shape index (κ2) is 11.4. The molecule has 2 aromatic rings. The molecule has 2 N–H and O–H groups in total. The SMILES string of the molecule is CN=C(NCCc1csc(C)n1)NCc1ccc(COC)cc1.I. The third-order valence-electron chi connectivity index (χ3n) is 3.36. The van der Waals surface area contributed by atoms with Gasteiger partial charge in [-0.05, 0) is 18.1 Å². The molecule has 0 aliphatic rings. The Morgan fingerprint density at radius 1 is 1.21 bits per heavy atom. The number of halogens is 1. The first-order valence-corrected chi connectivity index (χ1v) is 8.51. The third kappa shape index (κ3) is 7.14. The Kier molecular flexibility index (Phi) is 9.89. The highest BCUT2D eigenvalue weighted by atomic mass is 127. The molecule has 0 fully saturated rings. The average molecular weight is 460 g/mol. The number of rotatable bonds is 7. The number of methoxy groups -OCH3 is 1. The van der Waals surface area contributed by atoms with Crippen molar-refractivity contribution in [1.29, 1.82) is 0 Å². The fourth-order valence-corrected chi connectivity index (χ4v) is 2.81. The lowest BCUT2D eigenvalue weighted by molar-refractivity contribution is 0.185. The van der Waals surface area contributed by atoms with Gasteiger partial charge in [-0.15, -0.1) is 35.3 Å². The number of thiazole rings is 1. The second-order valence-electron chi connectivity index (χ2n) is 5.21. The highest BCUT2D eigenvalue weighted by Gasteiger charge is 2.01. The van der Waals surface area contributed by atoms with Crippen molar-refractivity contribution in [2.75, 3.05) is 20.7 Å². The van der Waals surface area contributed by atoms with Crippen LogP contribution in [0.5, 0.6) is 0 Å². The summed E-state index contributed by atoms with van der Waals surface area (Å²) in [4.78, 5) is 8.70. The Labute approximate surface area is 165 Å². The molecule has 0 atom stereocenters. The lowest BCUT2D eigenvalue weighted by Crippen LogP contribution is -2.37. The van der Waals surface area contributed by atoms with Crippen LogP contribution in [0.25, 0.3) is 0 Å². The van der Waals surface area contributed by atoms with Crippen molar-refractivity contribution in [1.82, 2.24) is 15.6 Å². The van der Waals surface area contributed by atoms with Gasteiger partial charge >= 0.3 is 0 Å². The van der Waals surface area contributed by atoms with E-state index in [4.69, 9.17) is 4.74 Å². The highest BCUT2D eigenvalue weighted by Crippen LogP contribution is 2.08. The molecule has 0 spiro atoms. The minimum Gasteiger partial charge on any atom is -0.380 e. The van der Waals surface area contributed by atoms with Crippen LogP contribution in [-0.4, -0.2) is 31.6 Å². The van der Waals surface area contributed by atoms with Crippen molar-refractivity contribution < 1.29 is 4.74 Å². The average Bonchev–Trinajstić information content (AvgIpc) is 2.98. The molecular weight excluding hydrogens is 435 g/mol. The maximum atomic E-state index is 5.12. The van der Waals surface area contributed by atoms with Crippen LogP contribution in [0.3, 0.4) is 0 Å². The van der Waals surface area contributed by atoms with Gasteiger partial charge in [0, 0.05) is 39.0 Å². The topological polar surface area (TPSA) is 58.5 Å². The number of aliphatic imine (C=N–C) groups is 1. The van der Waals surface area contributed by atoms with Gasteiger partial charge in [-0.3, -0.25) is 4.99 Å². The van der Waals surface area contributed by atoms with E-state index in [1.54, 1.807) is 25.5 Å². The molecule has 0 aliphatic carbocycles. The van der Waals surface area contributed by atoms with Crippen LogP contribution in [0, 0.1) is 6.92 Å². The molecule has 5 nitrogen and oxygen atoms in total. The Bertz CT molecular complexity index is 628. The third-order valence-corrected chi connectivity index (χ3v) is 4.18. The molecule has 2 rings (SSSR count). The minimum absolute atomic E-state index is 0. The summed E-state index contributed by atoms with van der Waals surface area (Å²) >= 11 is 1.69. The minimum atomic E-state index is 0. The zero-order valence-electron chi connectivity index (χ0n) is 14.3. The highest BCUT2D eigenvalue weighted by molar-refractivity contribution is 14.0. The van der Waals surface area contributed by atoms with Gasteiger partial charge in [0.2, 0.25) is 0 Å². The molecule has 7 heteroatoms. The van der Waals surface area contributed by atoms with Gasteiger partial charge in [0.15, 0.2) is 5.96 Å². The molecule has 0 saturated carbocycles. The van der Waals surface area contributed by atoms with Crippen LogP contribution in [0.15, 0.2) is 34.6 Å². The maximum Gasteiger partial charge on any atom is 0.191 e. The number of nitrogens with one attached hydrogen (secondary N) is 2. The summed E-state index contributed by atoms with van der Waals surface area (Å²) in [6.45, 7) is 4.23. The van der Waals surface area contributed by atoms with Crippen molar-refractivity contribution in [2.45, 2.75) is 26.5 Å². The Balaban J connectivity index is 0.00000288. The summed E-state index contributed by atoms with van der Waals surface area (Å²) in [5.74, 6) is 0.804. The van der Waals surface area contributed by atoms with Crippen LogP contribution < -0.4 is 10.6 Å². The number of benzene rings is 1. The number of hydrogen-bond donors (Lipinski definition) is 2. The predicted molar refractivity (Wildman–Crippen MR) is 111 cm³/mol. The molecule has 132 valence electrons. The first-order valence-electron chi connectivity index (χ1n) is 7.63. The van der Waals surface area contributed by atoms with Crippen LogP contribution >= 0.6 is 35.3 Å². The zero-order valence-corrected chi connectivity index (χ0v) is 17.5. The van der Waals surface area contributed by atoms with E-state index in [2.05, 4.69) is 50.3 Å². The number of aromatic nitrogens is 1. The molecule has 24 heavy (non-hydrogen) atoms. The molecule has 1 aromatic heterocycles. The van der Waals surface area contributed by atoms with E-state index in [1.807, 2.05) is 6.92 Å². The fourth-order valence-electron chi connectivity index (χ4n) is 2.16. The van der Waals surface area contributed by atoms with Crippen molar-refractivity contribution >= 4 is 41.3 Å². The van der Waals surface area contributed by atoms with Gasteiger partial charge < -0.3 is 15.4 Å². The van der Waals surface area contributed by atoms with Crippen LogP contribution in [0.1, 0.15) is 21.8 Å². The van der Waals surface area contributed by atoms with E-state index in [-0.39, 0.29) is 24.0 Å². The summed E-state index contributed by atoms with van der Waals surface area (Å²) in [6.07, 6.45) is 0.900. The molecule has 0 aliphatic heterocycles. The van der Waals surface area contributed by atoms with Gasteiger partial charge in [-0.2, -0.15) is 0 Å². The van der Waals surface area contributed by atoms with Gasteiger partial charge in [-0.1, -0.05) is 24.3 Å². The van der Waals surface area contributed by atoms with Gasteiger partial charge in [0.05, 0.1) is 17.3 Å². The normalized spacial score (nSPS) is 11.0. The van der Waals surface area contributed by atoms with Crippen molar-refractivity contribution in [3.63, 3.8) is 0 Å². The van der Waals surface area contributed by atoms with E-state index >= 15 is 0 Å². The Morgan fingerprint density at radius 3 is 2.50 bits per heavy atom.